The standard InChI is InChI=1S/C13H17BrN6O/c1-18-8-15-17-12(18)9-4-3-5-20(7-9)10-6-16-19(2)13(21)11(10)14/h6,8-9H,3-5,7H2,1-2H3. The molecule has 1 unspecified atom stereocenters. The highest BCUT2D eigenvalue weighted by Gasteiger charge is 2.26. The molecule has 0 spiro atoms. The maximum Gasteiger partial charge on any atom is 0.282 e. The summed E-state index contributed by atoms with van der Waals surface area (Å²) in [5, 5.41) is 12.3. The normalized spacial score (nSPS) is 19.0. The van der Waals surface area contributed by atoms with E-state index in [1.54, 1.807) is 19.6 Å². The first-order valence-electron chi connectivity index (χ1n) is 6.88. The molecule has 1 atom stereocenters. The van der Waals surface area contributed by atoms with Gasteiger partial charge in [0.15, 0.2) is 0 Å². The summed E-state index contributed by atoms with van der Waals surface area (Å²) in [7, 11) is 3.61. The molecule has 0 saturated carbocycles. The summed E-state index contributed by atoms with van der Waals surface area (Å²) in [5.41, 5.74) is 0.734. The molecule has 0 radical (unpaired) electrons. The van der Waals surface area contributed by atoms with Crippen molar-refractivity contribution in [2.75, 3.05) is 18.0 Å². The van der Waals surface area contributed by atoms with Crippen LogP contribution in [0.5, 0.6) is 0 Å². The van der Waals surface area contributed by atoms with Crippen molar-refractivity contribution in [2.45, 2.75) is 18.8 Å². The van der Waals surface area contributed by atoms with Crippen molar-refractivity contribution in [1.29, 1.82) is 0 Å². The summed E-state index contributed by atoms with van der Waals surface area (Å²) in [6.07, 6.45) is 5.60. The van der Waals surface area contributed by atoms with Crippen molar-refractivity contribution in [3.8, 4) is 0 Å². The Kier molecular flexibility index (Phi) is 3.79. The number of halogens is 1. The lowest BCUT2D eigenvalue weighted by atomic mass is 9.97. The second-order valence-electron chi connectivity index (χ2n) is 5.36. The first-order chi connectivity index (χ1) is 10.1. The second kappa shape index (κ2) is 5.59. The molecule has 0 N–H and O–H groups in total. The fourth-order valence-corrected chi connectivity index (χ4v) is 3.40. The highest BCUT2D eigenvalue weighted by molar-refractivity contribution is 9.10. The Morgan fingerprint density at radius 1 is 1.38 bits per heavy atom. The van der Waals surface area contributed by atoms with Crippen molar-refractivity contribution in [1.82, 2.24) is 24.5 Å². The number of aryl methyl sites for hydroxylation is 2. The molecule has 21 heavy (non-hydrogen) atoms. The summed E-state index contributed by atoms with van der Waals surface area (Å²) >= 11 is 3.40. The van der Waals surface area contributed by atoms with Gasteiger partial charge in [0.05, 0.1) is 11.9 Å². The van der Waals surface area contributed by atoms with Crippen molar-refractivity contribution in [3.05, 3.63) is 33.2 Å². The van der Waals surface area contributed by atoms with Gasteiger partial charge >= 0.3 is 0 Å². The predicted molar refractivity (Wildman–Crippen MR) is 82.4 cm³/mol. The minimum atomic E-state index is -0.117. The molecule has 2 aromatic rings. The number of anilines is 1. The Bertz CT molecular complexity index is 709. The van der Waals surface area contributed by atoms with Gasteiger partial charge in [0.1, 0.15) is 16.6 Å². The summed E-state index contributed by atoms with van der Waals surface area (Å²) in [6.45, 7) is 1.74. The van der Waals surface area contributed by atoms with Crippen LogP contribution in [0.4, 0.5) is 5.69 Å². The zero-order chi connectivity index (χ0) is 15.0. The summed E-state index contributed by atoms with van der Waals surface area (Å²) < 4.78 is 3.86. The van der Waals surface area contributed by atoms with Gasteiger partial charge in [0, 0.05) is 33.1 Å². The minimum absolute atomic E-state index is 0.117. The molecule has 2 aromatic heterocycles. The number of hydrogen-bond acceptors (Lipinski definition) is 5. The van der Waals surface area contributed by atoms with E-state index in [9.17, 15) is 4.79 Å². The molecule has 1 aliphatic heterocycles. The molecule has 3 heterocycles. The first-order valence-corrected chi connectivity index (χ1v) is 7.68. The Balaban J connectivity index is 1.89. The van der Waals surface area contributed by atoms with Crippen molar-refractivity contribution in [3.63, 3.8) is 0 Å². The zero-order valence-corrected chi connectivity index (χ0v) is 13.6. The molecule has 7 nitrogen and oxygen atoms in total. The quantitative estimate of drug-likeness (QED) is 0.808. The highest BCUT2D eigenvalue weighted by atomic mass is 79.9. The SMILES string of the molecule is Cn1cnnc1C1CCCN(c2cnn(C)c(=O)c2Br)C1. The maximum atomic E-state index is 12.0. The maximum absolute atomic E-state index is 12.0. The summed E-state index contributed by atoms with van der Waals surface area (Å²) in [5.74, 6) is 1.31. The van der Waals surface area contributed by atoms with Crippen LogP contribution in [0.3, 0.4) is 0 Å². The first kappa shape index (κ1) is 14.2. The fourth-order valence-electron chi connectivity index (χ4n) is 2.79. The number of piperidine rings is 1. The van der Waals surface area contributed by atoms with Crippen LogP contribution < -0.4 is 10.5 Å². The van der Waals surface area contributed by atoms with E-state index in [-0.39, 0.29) is 5.56 Å². The van der Waals surface area contributed by atoms with E-state index in [1.807, 2.05) is 11.6 Å². The number of hydrogen-bond donors (Lipinski definition) is 0. The third-order valence-corrected chi connectivity index (χ3v) is 4.68. The molecule has 8 heteroatoms. The van der Waals surface area contributed by atoms with E-state index in [0.29, 0.717) is 10.4 Å². The smallest absolute Gasteiger partial charge is 0.282 e. The van der Waals surface area contributed by atoms with Crippen molar-refractivity contribution in [2.24, 2.45) is 14.1 Å². The minimum Gasteiger partial charge on any atom is -0.368 e. The zero-order valence-electron chi connectivity index (χ0n) is 12.0. The van der Waals surface area contributed by atoms with Gasteiger partial charge in [-0.15, -0.1) is 10.2 Å². The Labute approximate surface area is 130 Å². The number of aromatic nitrogens is 5. The average molecular weight is 353 g/mol. The third-order valence-electron chi connectivity index (χ3n) is 3.93. The molecule has 1 saturated heterocycles. The van der Waals surface area contributed by atoms with Gasteiger partial charge in [0.2, 0.25) is 0 Å². The van der Waals surface area contributed by atoms with Crippen LogP contribution in [0.1, 0.15) is 24.6 Å². The van der Waals surface area contributed by atoms with E-state index in [2.05, 4.69) is 36.1 Å². The molecular weight excluding hydrogens is 336 g/mol. The molecule has 1 fully saturated rings. The molecule has 3 rings (SSSR count). The molecule has 0 bridgehead atoms. The third kappa shape index (κ3) is 2.59. The summed E-state index contributed by atoms with van der Waals surface area (Å²) in [4.78, 5) is 14.2. The second-order valence-corrected chi connectivity index (χ2v) is 6.15. The van der Waals surface area contributed by atoms with Crippen LogP contribution in [0.2, 0.25) is 0 Å². The number of rotatable bonds is 2. The van der Waals surface area contributed by atoms with E-state index in [4.69, 9.17) is 0 Å². The lowest BCUT2D eigenvalue weighted by Crippen LogP contribution is -2.37. The van der Waals surface area contributed by atoms with Gasteiger partial charge in [-0.1, -0.05) is 0 Å². The lowest BCUT2D eigenvalue weighted by molar-refractivity contribution is 0.478. The molecule has 112 valence electrons. The van der Waals surface area contributed by atoms with Gasteiger partial charge in [0.25, 0.3) is 5.56 Å². The topological polar surface area (TPSA) is 68.8 Å². The van der Waals surface area contributed by atoms with Crippen LogP contribution in [-0.4, -0.2) is 37.6 Å². The average Bonchev–Trinajstić information content (AvgIpc) is 2.91. The Morgan fingerprint density at radius 3 is 2.90 bits per heavy atom. The fraction of sp³-hybridized carbons (Fsp3) is 0.538. The van der Waals surface area contributed by atoms with Gasteiger partial charge in [-0.25, -0.2) is 4.68 Å². The molecule has 0 amide bonds. The molecule has 1 aliphatic rings. The van der Waals surface area contributed by atoms with Crippen LogP contribution in [-0.2, 0) is 14.1 Å². The monoisotopic (exact) mass is 352 g/mol. The lowest BCUT2D eigenvalue weighted by Gasteiger charge is -2.34. The summed E-state index contributed by atoms with van der Waals surface area (Å²) in [6, 6.07) is 0. The van der Waals surface area contributed by atoms with Gasteiger partial charge < -0.3 is 9.47 Å². The van der Waals surface area contributed by atoms with Crippen molar-refractivity contribution < 1.29 is 0 Å². The van der Waals surface area contributed by atoms with E-state index in [1.165, 1.54) is 4.68 Å². The van der Waals surface area contributed by atoms with Gasteiger partial charge in [-0.2, -0.15) is 5.10 Å². The Morgan fingerprint density at radius 2 is 2.19 bits per heavy atom. The van der Waals surface area contributed by atoms with Crippen LogP contribution in [0, 0.1) is 0 Å². The molecule has 0 aromatic carbocycles. The van der Waals surface area contributed by atoms with Gasteiger partial charge in [-0.05, 0) is 28.8 Å². The van der Waals surface area contributed by atoms with E-state index >= 15 is 0 Å². The van der Waals surface area contributed by atoms with E-state index in [0.717, 1.165) is 37.4 Å². The molecule has 0 aliphatic carbocycles. The molecular formula is C13H17BrN6O. The Hall–Kier alpha value is -1.70. The van der Waals surface area contributed by atoms with Crippen LogP contribution in [0.15, 0.2) is 21.8 Å². The van der Waals surface area contributed by atoms with Crippen molar-refractivity contribution >= 4 is 21.6 Å². The van der Waals surface area contributed by atoms with Crippen LogP contribution in [0.25, 0.3) is 0 Å². The van der Waals surface area contributed by atoms with Crippen LogP contribution >= 0.6 is 15.9 Å². The van der Waals surface area contributed by atoms with E-state index < -0.39 is 0 Å². The largest absolute Gasteiger partial charge is 0.368 e. The highest BCUT2D eigenvalue weighted by Crippen LogP contribution is 2.30. The van der Waals surface area contributed by atoms with Gasteiger partial charge in [-0.3, -0.25) is 4.79 Å². The predicted octanol–water partition coefficient (Wildman–Crippen LogP) is 1.06. The number of nitrogens with zero attached hydrogens (tertiary/aromatic N) is 6.